The molecule has 6 rings (SSSR count). The van der Waals surface area contributed by atoms with Crippen LogP contribution in [0.25, 0.3) is 21.9 Å². The Balaban J connectivity index is 1.44. The molecule has 4 aromatic rings. The van der Waals surface area contributed by atoms with Crippen molar-refractivity contribution >= 4 is 28.2 Å². The van der Waals surface area contributed by atoms with Gasteiger partial charge in [0.25, 0.3) is 0 Å². The SMILES string of the molecule is Cc1nc(C)c([C@H](OC(C)(C)C)C(=O)O)c(N2CCC(C)(C)CC2)c1-c1ccc2c(c1)CCN(c1nccc3ccccc13)C2. The maximum absolute atomic E-state index is 12.8. The number of nitrogens with zero attached hydrogens (tertiary/aromatic N) is 4. The summed E-state index contributed by atoms with van der Waals surface area (Å²) in [4.78, 5) is 27.4. The Morgan fingerprint density at radius 3 is 2.40 bits per heavy atom. The molecule has 4 heterocycles. The zero-order valence-electron chi connectivity index (χ0n) is 27.8. The second-order valence-electron chi connectivity index (χ2n) is 14.5. The topological polar surface area (TPSA) is 78.8 Å². The number of benzene rings is 2. The Hall–Kier alpha value is -3.97. The molecular formula is C38H46N4O3. The van der Waals surface area contributed by atoms with E-state index in [0.29, 0.717) is 11.3 Å². The lowest BCUT2D eigenvalue weighted by Gasteiger charge is -2.41. The largest absolute Gasteiger partial charge is 0.479 e. The molecule has 45 heavy (non-hydrogen) atoms. The number of carboxylic acid groups (broad SMARTS) is 1. The van der Waals surface area contributed by atoms with E-state index in [-0.39, 0.29) is 5.41 Å². The highest BCUT2D eigenvalue weighted by molar-refractivity contribution is 5.92. The minimum absolute atomic E-state index is 0.249. The van der Waals surface area contributed by atoms with E-state index in [1.54, 1.807) is 0 Å². The van der Waals surface area contributed by atoms with Crippen LogP contribution in [0.4, 0.5) is 11.5 Å². The molecule has 0 aliphatic carbocycles. The van der Waals surface area contributed by atoms with E-state index >= 15 is 0 Å². The van der Waals surface area contributed by atoms with Crippen molar-refractivity contribution < 1.29 is 14.6 Å². The van der Waals surface area contributed by atoms with Crippen LogP contribution in [0.1, 0.15) is 81.6 Å². The molecule has 2 aromatic heterocycles. The molecule has 236 valence electrons. The monoisotopic (exact) mass is 606 g/mol. The van der Waals surface area contributed by atoms with Gasteiger partial charge in [-0.2, -0.15) is 0 Å². The molecule has 2 aliphatic rings. The number of aromatic nitrogens is 2. The standard InChI is InChI=1S/C38H46N4O3/c1-24-31(28-12-13-29-23-42(19-15-27(29)22-28)35-30-11-9-8-10-26(30)14-18-39-35)33(41-20-16-38(6,7)17-21-41)32(25(2)40-24)34(36(43)44)45-37(3,4)5/h8-14,18,22,34H,15-17,19-21,23H2,1-7H3,(H,43,44)/t34-/m0/s1. The van der Waals surface area contributed by atoms with Crippen LogP contribution in [-0.2, 0) is 22.5 Å². The molecular weight excluding hydrogens is 560 g/mol. The lowest BCUT2D eigenvalue weighted by molar-refractivity contribution is -0.160. The summed E-state index contributed by atoms with van der Waals surface area (Å²) in [7, 11) is 0. The molecule has 0 bridgehead atoms. The van der Waals surface area contributed by atoms with Crippen LogP contribution in [0.15, 0.2) is 54.7 Å². The average molecular weight is 607 g/mol. The van der Waals surface area contributed by atoms with Crippen LogP contribution < -0.4 is 9.80 Å². The number of pyridine rings is 2. The van der Waals surface area contributed by atoms with Crippen LogP contribution in [0.5, 0.6) is 0 Å². The van der Waals surface area contributed by atoms with Gasteiger partial charge in [-0.1, -0.05) is 56.3 Å². The minimum Gasteiger partial charge on any atom is -0.479 e. The summed E-state index contributed by atoms with van der Waals surface area (Å²) in [5, 5.41) is 12.9. The van der Waals surface area contributed by atoms with Gasteiger partial charge >= 0.3 is 5.97 Å². The van der Waals surface area contributed by atoms with E-state index in [2.05, 4.69) is 79.1 Å². The van der Waals surface area contributed by atoms with Gasteiger partial charge < -0.3 is 19.6 Å². The van der Waals surface area contributed by atoms with E-state index in [4.69, 9.17) is 14.7 Å². The number of rotatable bonds is 6. The number of hydrogen-bond acceptors (Lipinski definition) is 6. The molecule has 7 heteroatoms. The smallest absolute Gasteiger partial charge is 0.337 e. The predicted molar refractivity (Wildman–Crippen MR) is 182 cm³/mol. The predicted octanol–water partition coefficient (Wildman–Crippen LogP) is 8.04. The zero-order valence-corrected chi connectivity index (χ0v) is 27.8. The van der Waals surface area contributed by atoms with E-state index in [1.807, 2.05) is 33.9 Å². The third-order valence-electron chi connectivity index (χ3n) is 9.43. The molecule has 7 nitrogen and oxygen atoms in total. The van der Waals surface area contributed by atoms with Crippen LogP contribution in [0.2, 0.25) is 0 Å². The van der Waals surface area contributed by atoms with E-state index in [1.165, 1.54) is 21.9 Å². The first-order chi connectivity index (χ1) is 21.3. The molecule has 1 N–H and O–H groups in total. The van der Waals surface area contributed by atoms with Gasteiger partial charge in [-0.15, -0.1) is 0 Å². The number of piperidine rings is 1. The maximum atomic E-state index is 12.8. The first-order valence-corrected chi connectivity index (χ1v) is 16.2. The highest BCUT2D eigenvalue weighted by Crippen LogP contribution is 2.45. The van der Waals surface area contributed by atoms with Crippen molar-refractivity contribution in [3.63, 3.8) is 0 Å². The first-order valence-electron chi connectivity index (χ1n) is 16.2. The molecule has 1 saturated heterocycles. The molecule has 2 aromatic carbocycles. The molecule has 2 aliphatic heterocycles. The lowest BCUT2D eigenvalue weighted by Crippen LogP contribution is -2.39. The van der Waals surface area contributed by atoms with Gasteiger partial charge in [0.05, 0.1) is 11.3 Å². The summed E-state index contributed by atoms with van der Waals surface area (Å²) < 4.78 is 6.27. The molecule has 0 saturated carbocycles. The molecule has 1 fully saturated rings. The number of fused-ring (bicyclic) bond motifs is 2. The quantitative estimate of drug-likeness (QED) is 0.238. The van der Waals surface area contributed by atoms with Gasteiger partial charge in [0.1, 0.15) is 5.82 Å². The van der Waals surface area contributed by atoms with Gasteiger partial charge in [0, 0.05) is 60.3 Å². The summed E-state index contributed by atoms with van der Waals surface area (Å²) in [5.74, 6) is 0.0377. The Morgan fingerprint density at radius 2 is 1.69 bits per heavy atom. The zero-order chi connectivity index (χ0) is 32.1. The van der Waals surface area contributed by atoms with Crippen molar-refractivity contribution in [1.82, 2.24) is 9.97 Å². The van der Waals surface area contributed by atoms with Gasteiger partial charge in [-0.25, -0.2) is 9.78 Å². The van der Waals surface area contributed by atoms with Gasteiger partial charge in [-0.05, 0) is 87.4 Å². The third-order valence-corrected chi connectivity index (χ3v) is 9.43. The summed E-state index contributed by atoms with van der Waals surface area (Å²) in [6.45, 7) is 17.7. The summed E-state index contributed by atoms with van der Waals surface area (Å²) >= 11 is 0. The maximum Gasteiger partial charge on any atom is 0.337 e. The van der Waals surface area contributed by atoms with Gasteiger partial charge in [0.2, 0.25) is 0 Å². The fourth-order valence-corrected chi connectivity index (χ4v) is 7.00. The highest BCUT2D eigenvalue weighted by Gasteiger charge is 2.36. The second kappa shape index (κ2) is 11.8. The average Bonchev–Trinajstić information content (AvgIpc) is 2.98. The summed E-state index contributed by atoms with van der Waals surface area (Å²) in [5.41, 5.74) is 7.56. The number of aryl methyl sites for hydroxylation is 2. The first kappa shape index (κ1) is 31.0. The Kier molecular flexibility index (Phi) is 8.10. The highest BCUT2D eigenvalue weighted by atomic mass is 16.5. The van der Waals surface area contributed by atoms with E-state index in [9.17, 15) is 9.90 Å². The second-order valence-corrected chi connectivity index (χ2v) is 14.5. The molecule has 0 unspecified atom stereocenters. The van der Waals surface area contributed by atoms with Crippen LogP contribution in [-0.4, -0.2) is 46.3 Å². The van der Waals surface area contributed by atoms with Crippen LogP contribution in [0, 0.1) is 19.3 Å². The van der Waals surface area contributed by atoms with Crippen LogP contribution in [0.3, 0.4) is 0 Å². The van der Waals surface area contributed by atoms with Crippen molar-refractivity contribution in [3.8, 4) is 11.1 Å². The summed E-state index contributed by atoms with van der Waals surface area (Å²) in [6, 6.07) is 17.2. The lowest BCUT2D eigenvalue weighted by atomic mass is 9.81. The molecule has 0 amide bonds. The normalized spacial score (nSPS) is 17.3. The van der Waals surface area contributed by atoms with E-state index < -0.39 is 17.7 Å². The number of anilines is 2. The summed E-state index contributed by atoms with van der Waals surface area (Å²) in [6.07, 6.45) is 3.75. The number of aliphatic carboxylic acids is 1. The van der Waals surface area contributed by atoms with Crippen molar-refractivity contribution in [3.05, 3.63) is 82.8 Å². The minimum atomic E-state index is -1.12. The van der Waals surface area contributed by atoms with E-state index in [0.717, 1.165) is 73.8 Å². The van der Waals surface area contributed by atoms with Crippen molar-refractivity contribution in [2.45, 2.75) is 86.0 Å². The molecule has 0 radical (unpaired) electrons. The molecule has 1 atom stereocenters. The Bertz CT molecular complexity index is 1740. The number of ether oxygens (including phenoxy) is 1. The van der Waals surface area contributed by atoms with Crippen molar-refractivity contribution in [1.29, 1.82) is 0 Å². The third kappa shape index (κ3) is 6.28. The van der Waals surface area contributed by atoms with Gasteiger partial charge in [-0.3, -0.25) is 4.98 Å². The fourth-order valence-electron chi connectivity index (χ4n) is 7.00. The Labute approximate surface area is 267 Å². The Morgan fingerprint density at radius 1 is 0.956 bits per heavy atom. The van der Waals surface area contributed by atoms with Crippen molar-refractivity contribution in [2.75, 3.05) is 29.4 Å². The fraction of sp³-hybridized carbons (Fsp3) is 0.447. The van der Waals surface area contributed by atoms with Gasteiger partial charge in [0.15, 0.2) is 6.10 Å². The van der Waals surface area contributed by atoms with Crippen molar-refractivity contribution in [2.24, 2.45) is 5.41 Å². The molecule has 0 spiro atoms. The van der Waals surface area contributed by atoms with Crippen LogP contribution >= 0.6 is 0 Å². The number of carbonyl (C=O) groups is 1. The number of hydrogen-bond donors (Lipinski definition) is 1. The number of carboxylic acids is 1.